The van der Waals surface area contributed by atoms with E-state index < -0.39 is 4.87 Å². The van der Waals surface area contributed by atoms with Crippen LogP contribution in [0.25, 0.3) is 0 Å². The SMILES string of the molecule is COC(=O)C[C@@]1(C)NN=C(c2ccccc2)S1. The van der Waals surface area contributed by atoms with E-state index in [1.807, 2.05) is 37.3 Å². The average Bonchev–Trinajstić information content (AvgIpc) is 2.72. The Labute approximate surface area is 104 Å². The van der Waals surface area contributed by atoms with Gasteiger partial charge in [-0.2, -0.15) is 5.10 Å². The zero-order valence-corrected chi connectivity index (χ0v) is 10.6. The lowest BCUT2D eigenvalue weighted by Gasteiger charge is -2.20. The summed E-state index contributed by atoms with van der Waals surface area (Å²) in [6.07, 6.45) is 0.286. The molecule has 5 heteroatoms. The third-order valence-electron chi connectivity index (χ3n) is 2.45. The van der Waals surface area contributed by atoms with Gasteiger partial charge in [-0.25, -0.2) is 0 Å². The van der Waals surface area contributed by atoms with Crippen LogP contribution >= 0.6 is 11.8 Å². The maximum absolute atomic E-state index is 11.3. The Hall–Kier alpha value is -1.49. The van der Waals surface area contributed by atoms with Crippen molar-refractivity contribution in [2.75, 3.05) is 7.11 Å². The van der Waals surface area contributed by atoms with Crippen molar-refractivity contribution in [3.05, 3.63) is 35.9 Å². The first-order chi connectivity index (χ1) is 8.13. The van der Waals surface area contributed by atoms with Crippen LogP contribution in [0.2, 0.25) is 0 Å². The highest BCUT2D eigenvalue weighted by Crippen LogP contribution is 2.34. The summed E-state index contributed by atoms with van der Waals surface area (Å²) < 4.78 is 4.68. The molecule has 0 radical (unpaired) electrons. The predicted octanol–water partition coefficient (Wildman–Crippen LogP) is 1.96. The van der Waals surface area contributed by atoms with Gasteiger partial charge in [0, 0.05) is 5.56 Å². The number of nitrogens with one attached hydrogen (secondary N) is 1. The van der Waals surface area contributed by atoms with Crippen molar-refractivity contribution < 1.29 is 9.53 Å². The molecule has 90 valence electrons. The van der Waals surface area contributed by atoms with E-state index in [-0.39, 0.29) is 12.4 Å². The van der Waals surface area contributed by atoms with E-state index in [4.69, 9.17) is 0 Å². The smallest absolute Gasteiger partial charge is 0.308 e. The van der Waals surface area contributed by atoms with Gasteiger partial charge >= 0.3 is 5.97 Å². The molecule has 0 saturated heterocycles. The second-order valence-corrected chi connectivity index (χ2v) is 5.47. The number of methoxy groups -OCH3 is 1. The minimum atomic E-state index is -0.418. The summed E-state index contributed by atoms with van der Waals surface area (Å²) in [5, 5.41) is 5.17. The molecule has 0 amide bonds. The number of ether oxygens (including phenoxy) is 1. The number of hydrogen-bond acceptors (Lipinski definition) is 5. The van der Waals surface area contributed by atoms with Crippen molar-refractivity contribution in [2.45, 2.75) is 18.2 Å². The standard InChI is InChI=1S/C12H14N2O2S/c1-12(8-10(15)16-2)14-13-11(17-12)9-6-4-3-5-7-9/h3-7,14H,8H2,1-2H3/t12-/m0/s1. The lowest BCUT2D eigenvalue weighted by molar-refractivity contribution is -0.141. The monoisotopic (exact) mass is 250 g/mol. The molecule has 1 atom stereocenters. The van der Waals surface area contributed by atoms with E-state index in [1.165, 1.54) is 7.11 Å². The first kappa shape index (κ1) is 12.0. The lowest BCUT2D eigenvalue weighted by Crippen LogP contribution is -2.34. The maximum atomic E-state index is 11.3. The fraction of sp³-hybridized carbons (Fsp3) is 0.333. The topological polar surface area (TPSA) is 50.7 Å². The largest absolute Gasteiger partial charge is 0.469 e. The van der Waals surface area contributed by atoms with Crippen molar-refractivity contribution in [3.63, 3.8) is 0 Å². The Kier molecular flexibility index (Phi) is 3.38. The highest BCUT2D eigenvalue weighted by molar-refractivity contribution is 8.15. The minimum Gasteiger partial charge on any atom is -0.469 e. The summed E-state index contributed by atoms with van der Waals surface area (Å²) >= 11 is 1.55. The van der Waals surface area contributed by atoms with Gasteiger partial charge in [0.2, 0.25) is 0 Å². The molecule has 17 heavy (non-hydrogen) atoms. The minimum absolute atomic E-state index is 0.239. The van der Waals surface area contributed by atoms with E-state index in [2.05, 4.69) is 15.3 Å². The van der Waals surface area contributed by atoms with Crippen LogP contribution in [-0.4, -0.2) is 23.0 Å². The fourth-order valence-electron chi connectivity index (χ4n) is 1.56. The Balaban J connectivity index is 2.06. The Bertz CT molecular complexity index is 447. The van der Waals surface area contributed by atoms with Gasteiger partial charge in [0.05, 0.1) is 13.5 Å². The summed E-state index contributed by atoms with van der Waals surface area (Å²) in [6, 6.07) is 9.89. The van der Waals surface area contributed by atoms with Gasteiger partial charge in [-0.1, -0.05) is 42.1 Å². The normalized spacial score (nSPS) is 22.8. The van der Waals surface area contributed by atoms with Crippen LogP contribution in [-0.2, 0) is 9.53 Å². The van der Waals surface area contributed by atoms with E-state index in [9.17, 15) is 4.79 Å². The highest BCUT2D eigenvalue weighted by atomic mass is 32.2. The van der Waals surface area contributed by atoms with Crippen LogP contribution in [0.5, 0.6) is 0 Å². The summed E-state index contributed by atoms with van der Waals surface area (Å²) in [6.45, 7) is 1.94. The summed E-state index contributed by atoms with van der Waals surface area (Å²) in [5.41, 5.74) is 4.05. The summed E-state index contributed by atoms with van der Waals surface area (Å²) in [5.74, 6) is -0.239. The zero-order chi connectivity index (χ0) is 12.3. The Morgan fingerprint density at radius 1 is 1.47 bits per heavy atom. The Morgan fingerprint density at radius 2 is 2.18 bits per heavy atom. The first-order valence-electron chi connectivity index (χ1n) is 5.29. The van der Waals surface area contributed by atoms with E-state index in [1.54, 1.807) is 11.8 Å². The molecule has 1 aliphatic heterocycles. The third-order valence-corrected chi connectivity index (χ3v) is 3.65. The van der Waals surface area contributed by atoms with E-state index in [0.29, 0.717) is 0 Å². The van der Waals surface area contributed by atoms with Crippen molar-refractivity contribution in [3.8, 4) is 0 Å². The fourth-order valence-corrected chi connectivity index (χ4v) is 2.61. The number of rotatable bonds is 3. The molecule has 1 aromatic carbocycles. The molecule has 0 saturated carbocycles. The maximum Gasteiger partial charge on any atom is 0.308 e. The molecule has 4 nitrogen and oxygen atoms in total. The number of carbonyl (C=O) groups excluding carboxylic acids is 1. The number of hydrogen-bond donors (Lipinski definition) is 1. The zero-order valence-electron chi connectivity index (χ0n) is 9.77. The number of hydrazone groups is 1. The number of carbonyl (C=O) groups is 1. The van der Waals surface area contributed by atoms with Crippen LogP contribution in [0, 0.1) is 0 Å². The van der Waals surface area contributed by atoms with Crippen LogP contribution in [0.15, 0.2) is 35.4 Å². The van der Waals surface area contributed by atoms with Gasteiger partial charge in [-0.05, 0) is 6.92 Å². The van der Waals surface area contributed by atoms with E-state index >= 15 is 0 Å². The summed E-state index contributed by atoms with van der Waals surface area (Å²) in [7, 11) is 1.39. The molecule has 1 aromatic rings. The molecule has 0 aromatic heterocycles. The molecular formula is C12H14N2O2S. The van der Waals surface area contributed by atoms with Gasteiger partial charge in [0.25, 0.3) is 0 Å². The second-order valence-electron chi connectivity index (χ2n) is 3.98. The number of nitrogens with zero attached hydrogens (tertiary/aromatic N) is 1. The molecule has 0 bridgehead atoms. The quantitative estimate of drug-likeness (QED) is 0.833. The van der Waals surface area contributed by atoms with Crippen LogP contribution < -0.4 is 5.43 Å². The number of benzene rings is 1. The Morgan fingerprint density at radius 3 is 2.82 bits per heavy atom. The molecule has 0 aliphatic carbocycles. The predicted molar refractivity (Wildman–Crippen MR) is 68.7 cm³/mol. The molecule has 0 fully saturated rings. The van der Waals surface area contributed by atoms with Crippen molar-refractivity contribution in [1.29, 1.82) is 0 Å². The van der Waals surface area contributed by atoms with Crippen LogP contribution in [0.3, 0.4) is 0 Å². The van der Waals surface area contributed by atoms with Gasteiger partial charge in [0.15, 0.2) is 0 Å². The first-order valence-corrected chi connectivity index (χ1v) is 6.11. The van der Waals surface area contributed by atoms with Crippen LogP contribution in [0.4, 0.5) is 0 Å². The molecular weight excluding hydrogens is 236 g/mol. The van der Waals surface area contributed by atoms with Crippen molar-refractivity contribution >= 4 is 22.8 Å². The molecule has 1 heterocycles. The van der Waals surface area contributed by atoms with Gasteiger partial charge < -0.3 is 4.74 Å². The second kappa shape index (κ2) is 4.79. The number of esters is 1. The molecule has 2 rings (SSSR count). The van der Waals surface area contributed by atoms with Gasteiger partial charge in [-0.3, -0.25) is 10.2 Å². The lowest BCUT2D eigenvalue weighted by atomic mass is 10.2. The third kappa shape index (κ3) is 2.79. The van der Waals surface area contributed by atoms with Crippen LogP contribution in [0.1, 0.15) is 18.9 Å². The van der Waals surface area contributed by atoms with Crippen molar-refractivity contribution in [1.82, 2.24) is 5.43 Å². The highest BCUT2D eigenvalue weighted by Gasteiger charge is 2.35. The van der Waals surface area contributed by atoms with E-state index in [0.717, 1.165) is 10.6 Å². The molecule has 1 N–H and O–H groups in total. The van der Waals surface area contributed by atoms with Gasteiger partial charge in [0.1, 0.15) is 9.91 Å². The molecule has 0 unspecified atom stereocenters. The molecule has 1 aliphatic rings. The van der Waals surface area contributed by atoms with Gasteiger partial charge in [-0.15, -0.1) is 0 Å². The number of thioether (sulfide) groups is 1. The summed E-state index contributed by atoms with van der Waals surface area (Å²) in [4.78, 5) is 10.9. The molecule has 0 spiro atoms. The van der Waals surface area contributed by atoms with Crippen molar-refractivity contribution in [2.24, 2.45) is 5.10 Å². The average molecular weight is 250 g/mol.